The largest absolute Gasteiger partial charge is 1.00 e. The Balaban J connectivity index is 0.00000784. The average molecular weight is 468 g/mol. The molecule has 15 heteroatoms. The molecule has 160 valence electrons. The molecule has 0 heterocycles. The molecular formula is C14H10F9NaO4S. The molecule has 0 N–H and O–H groups in total. The van der Waals surface area contributed by atoms with E-state index in [1.54, 1.807) is 0 Å². The molecule has 1 unspecified atom stereocenters. The molecule has 1 aromatic rings. The van der Waals surface area contributed by atoms with Crippen LogP contribution in [0.4, 0.5) is 39.5 Å². The minimum absolute atomic E-state index is 0. The summed E-state index contributed by atoms with van der Waals surface area (Å²) in [5.74, 6) is -21.4. The summed E-state index contributed by atoms with van der Waals surface area (Å²) in [5, 5.41) is -2.13. The zero-order valence-corrected chi connectivity index (χ0v) is 17.4. The van der Waals surface area contributed by atoms with Gasteiger partial charge >= 0.3 is 53.5 Å². The Morgan fingerprint density at radius 3 is 1.66 bits per heavy atom. The van der Waals surface area contributed by atoms with E-state index in [1.165, 1.54) is 0 Å². The van der Waals surface area contributed by atoms with E-state index < -0.39 is 62.6 Å². The Morgan fingerprint density at radius 1 is 0.931 bits per heavy atom. The number of carbonyl (C=O) groups excluding carboxylic acids is 1. The van der Waals surface area contributed by atoms with Crippen molar-refractivity contribution in [3.05, 3.63) is 35.4 Å². The summed E-state index contributed by atoms with van der Waals surface area (Å²) in [4.78, 5) is 11.9. The maximum absolute atomic E-state index is 13.7. The summed E-state index contributed by atoms with van der Waals surface area (Å²) in [6, 6.07) is 0.526. The van der Waals surface area contributed by atoms with E-state index in [9.17, 15) is 57.3 Å². The quantitative estimate of drug-likeness (QED) is 0.260. The number of benzene rings is 1. The van der Waals surface area contributed by atoms with Crippen molar-refractivity contribution in [3.8, 4) is 0 Å². The van der Waals surface area contributed by atoms with Gasteiger partial charge in [0.05, 0.1) is 0 Å². The molecule has 0 bridgehead atoms. The van der Waals surface area contributed by atoms with Gasteiger partial charge in [0.1, 0.15) is 15.4 Å². The van der Waals surface area contributed by atoms with Crippen molar-refractivity contribution in [2.75, 3.05) is 0 Å². The van der Waals surface area contributed by atoms with Gasteiger partial charge in [0.2, 0.25) is 0 Å². The first-order chi connectivity index (χ1) is 12.3. The zero-order valence-electron chi connectivity index (χ0n) is 14.5. The molecule has 1 aromatic carbocycles. The van der Waals surface area contributed by atoms with Crippen molar-refractivity contribution >= 4 is 15.9 Å². The smallest absolute Gasteiger partial charge is 0.747 e. The second-order valence-electron chi connectivity index (χ2n) is 5.55. The molecule has 1 rings (SSSR count). The van der Waals surface area contributed by atoms with Crippen LogP contribution in [0.15, 0.2) is 24.3 Å². The maximum Gasteiger partial charge on any atom is 1.00 e. The number of alkyl halides is 9. The van der Waals surface area contributed by atoms with E-state index in [-0.39, 0.29) is 41.7 Å². The first kappa shape index (κ1) is 28.2. The van der Waals surface area contributed by atoms with Crippen molar-refractivity contribution in [2.24, 2.45) is 0 Å². The summed E-state index contributed by atoms with van der Waals surface area (Å²) < 4.78 is 149. The Morgan fingerprint density at radius 2 is 1.34 bits per heavy atom. The molecule has 29 heavy (non-hydrogen) atoms. The number of ketones is 1. The first-order valence-electron chi connectivity index (χ1n) is 7.12. The minimum Gasteiger partial charge on any atom is -0.747 e. The molecule has 0 spiro atoms. The predicted molar refractivity (Wildman–Crippen MR) is 74.4 cm³/mol. The Bertz CT molecular complexity index is 836. The van der Waals surface area contributed by atoms with Crippen LogP contribution in [-0.2, 0) is 16.0 Å². The monoisotopic (exact) mass is 468 g/mol. The predicted octanol–water partition coefficient (Wildman–Crippen LogP) is 1.12. The number of hydrogen-bond acceptors (Lipinski definition) is 4. The third kappa shape index (κ3) is 5.09. The molecule has 0 fully saturated rings. The van der Waals surface area contributed by atoms with E-state index in [4.69, 9.17) is 0 Å². The summed E-state index contributed by atoms with van der Waals surface area (Å²) in [6.45, 7) is 1.13. The fourth-order valence-corrected chi connectivity index (χ4v) is 2.91. The van der Waals surface area contributed by atoms with Crippen LogP contribution in [0.5, 0.6) is 0 Å². The maximum atomic E-state index is 13.7. The zero-order chi connectivity index (χ0) is 22.3. The van der Waals surface area contributed by atoms with E-state index >= 15 is 0 Å². The summed E-state index contributed by atoms with van der Waals surface area (Å²) in [7, 11) is -5.15. The topological polar surface area (TPSA) is 74.3 Å². The molecule has 0 aliphatic heterocycles. The molecule has 0 aliphatic carbocycles. The van der Waals surface area contributed by atoms with Gasteiger partial charge in [0, 0.05) is 11.1 Å². The van der Waals surface area contributed by atoms with E-state index in [1.807, 2.05) is 0 Å². The van der Waals surface area contributed by atoms with Crippen molar-refractivity contribution in [1.82, 2.24) is 0 Å². The normalized spacial score (nSPS) is 14.9. The van der Waals surface area contributed by atoms with Gasteiger partial charge in [-0.1, -0.05) is 31.2 Å². The van der Waals surface area contributed by atoms with Gasteiger partial charge in [-0.3, -0.25) is 4.79 Å². The Kier molecular flexibility index (Phi) is 8.48. The number of halogens is 9. The van der Waals surface area contributed by atoms with Crippen LogP contribution in [0.25, 0.3) is 0 Å². The fraction of sp³-hybridized carbons (Fsp3) is 0.500. The Labute approximate surface area is 180 Å². The van der Waals surface area contributed by atoms with Crippen LogP contribution >= 0.6 is 0 Å². The van der Waals surface area contributed by atoms with Gasteiger partial charge in [0.25, 0.3) is 0 Å². The summed E-state index contributed by atoms with van der Waals surface area (Å²) in [6.07, 6.45) is -7.49. The third-order valence-corrected chi connectivity index (χ3v) is 4.93. The number of hydrogen-bond donors (Lipinski definition) is 0. The molecular weight excluding hydrogens is 458 g/mol. The standard InChI is InChI=1S/C14H11F9O4S.Na/c1-2-9(28(25,26)27)10(24)7-3-5-8(6-4-7)11(15,16)12(17,18)13(19,20)14(21,22)23;/h3-6,9H,2H2,1H3,(H,25,26,27);/q;+1/p-1. The molecule has 0 aliphatic rings. The molecule has 0 amide bonds. The van der Waals surface area contributed by atoms with Gasteiger partial charge in [-0.25, -0.2) is 8.42 Å². The summed E-state index contributed by atoms with van der Waals surface area (Å²) >= 11 is 0. The van der Waals surface area contributed by atoms with E-state index in [2.05, 4.69) is 0 Å². The SMILES string of the molecule is CCC(C(=O)c1ccc(C(F)(F)C(F)(F)C(F)(F)C(F)(F)F)cc1)S(=O)(=O)[O-].[Na+]. The molecule has 1 atom stereocenters. The van der Waals surface area contributed by atoms with Gasteiger partial charge < -0.3 is 4.55 Å². The van der Waals surface area contributed by atoms with E-state index in [0.29, 0.717) is 12.1 Å². The number of Topliss-reactive ketones (excluding diaryl/α,β-unsaturated/α-hetero) is 1. The van der Waals surface area contributed by atoms with Gasteiger partial charge in [0.15, 0.2) is 5.78 Å². The molecule has 0 aromatic heterocycles. The molecule has 4 nitrogen and oxygen atoms in total. The van der Waals surface area contributed by atoms with Crippen LogP contribution in [0.3, 0.4) is 0 Å². The summed E-state index contributed by atoms with van der Waals surface area (Å²) in [5.41, 5.74) is -2.72. The molecule has 0 radical (unpaired) electrons. The molecule has 0 saturated carbocycles. The second kappa shape index (κ2) is 8.73. The Hall–Kier alpha value is -0.830. The fourth-order valence-electron chi connectivity index (χ4n) is 2.11. The van der Waals surface area contributed by atoms with Crippen LogP contribution in [-0.4, -0.2) is 42.0 Å². The van der Waals surface area contributed by atoms with Gasteiger partial charge in [-0.15, -0.1) is 0 Å². The second-order valence-corrected chi connectivity index (χ2v) is 7.11. The van der Waals surface area contributed by atoms with E-state index in [0.717, 1.165) is 6.92 Å². The number of rotatable bonds is 7. The average Bonchev–Trinajstić information content (AvgIpc) is 2.52. The van der Waals surface area contributed by atoms with Crippen molar-refractivity contribution in [1.29, 1.82) is 0 Å². The molecule has 0 saturated heterocycles. The third-order valence-electron chi connectivity index (χ3n) is 3.69. The van der Waals surface area contributed by atoms with Crippen molar-refractivity contribution in [3.63, 3.8) is 0 Å². The minimum atomic E-state index is -7.08. The first-order valence-corrected chi connectivity index (χ1v) is 8.59. The van der Waals surface area contributed by atoms with Crippen LogP contribution in [0.2, 0.25) is 0 Å². The van der Waals surface area contributed by atoms with Crippen LogP contribution in [0, 0.1) is 0 Å². The van der Waals surface area contributed by atoms with Gasteiger partial charge in [-0.2, -0.15) is 39.5 Å². The van der Waals surface area contributed by atoms with Gasteiger partial charge in [-0.05, 0) is 6.42 Å². The number of carbonyl (C=O) groups is 1. The van der Waals surface area contributed by atoms with Crippen molar-refractivity contribution < 1.29 is 86.8 Å². The van der Waals surface area contributed by atoms with Crippen molar-refractivity contribution in [2.45, 2.75) is 42.5 Å². The van der Waals surface area contributed by atoms with Crippen LogP contribution in [0.1, 0.15) is 29.3 Å². The van der Waals surface area contributed by atoms with Crippen LogP contribution < -0.4 is 29.6 Å².